The lowest BCUT2D eigenvalue weighted by molar-refractivity contribution is -0.702. The van der Waals surface area contributed by atoms with Gasteiger partial charge in [-0.25, -0.2) is 4.57 Å². The summed E-state index contributed by atoms with van der Waals surface area (Å²) in [5, 5.41) is 0. The Morgan fingerprint density at radius 2 is 2.09 bits per heavy atom. The van der Waals surface area contributed by atoms with Crippen LogP contribution in [0.1, 0.15) is 24.6 Å². The van der Waals surface area contributed by atoms with Crippen molar-refractivity contribution in [3.8, 4) is 0 Å². The van der Waals surface area contributed by atoms with Gasteiger partial charge in [0.05, 0.1) is 0 Å². The van der Waals surface area contributed by atoms with Gasteiger partial charge in [-0.05, 0) is 12.5 Å². The molecule has 0 N–H and O–H groups in total. The van der Waals surface area contributed by atoms with Crippen molar-refractivity contribution < 1.29 is 4.57 Å². The number of hydrogen-bond donors (Lipinski definition) is 0. The van der Waals surface area contributed by atoms with Gasteiger partial charge in [0.2, 0.25) is 0 Å². The second-order valence-electron chi connectivity index (χ2n) is 3.04. The topological polar surface area (TPSA) is 3.88 Å². The molecule has 0 spiro atoms. The van der Waals surface area contributed by atoms with E-state index in [1.807, 2.05) is 0 Å². The highest BCUT2D eigenvalue weighted by Gasteiger charge is 2.02. The standard InChI is InChI=1S/C10H16N/c1-4-6-11-7-5-9(2)8-10(11)3/h5,7-8H,4,6H2,1-3H3/q+1. The number of pyridine rings is 1. The molecule has 0 aliphatic carbocycles. The Morgan fingerprint density at radius 1 is 1.36 bits per heavy atom. The van der Waals surface area contributed by atoms with E-state index in [0.717, 1.165) is 6.54 Å². The van der Waals surface area contributed by atoms with Crippen molar-refractivity contribution >= 4 is 0 Å². The number of nitrogens with zero attached hydrogens (tertiary/aromatic N) is 1. The Hall–Kier alpha value is -0.850. The second kappa shape index (κ2) is 3.51. The van der Waals surface area contributed by atoms with Crippen LogP contribution in [-0.2, 0) is 6.54 Å². The summed E-state index contributed by atoms with van der Waals surface area (Å²) in [5.41, 5.74) is 2.70. The summed E-state index contributed by atoms with van der Waals surface area (Å²) in [4.78, 5) is 0. The number of aromatic nitrogens is 1. The third-order valence-corrected chi connectivity index (χ3v) is 1.87. The minimum atomic E-state index is 1.13. The van der Waals surface area contributed by atoms with Gasteiger partial charge in [0, 0.05) is 25.5 Å². The SMILES string of the molecule is CCC[n+]1ccc(C)cc1C. The summed E-state index contributed by atoms with van der Waals surface area (Å²) < 4.78 is 2.28. The lowest BCUT2D eigenvalue weighted by atomic mass is 10.2. The smallest absolute Gasteiger partial charge is 0.178 e. The minimum absolute atomic E-state index is 1.13. The monoisotopic (exact) mass is 150 g/mol. The fourth-order valence-electron chi connectivity index (χ4n) is 1.28. The molecule has 0 amide bonds. The van der Waals surface area contributed by atoms with E-state index in [4.69, 9.17) is 0 Å². The van der Waals surface area contributed by atoms with Gasteiger partial charge in [-0.1, -0.05) is 6.92 Å². The van der Waals surface area contributed by atoms with E-state index >= 15 is 0 Å². The highest BCUT2D eigenvalue weighted by atomic mass is 14.9. The Morgan fingerprint density at radius 3 is 2.64 bits per heavy atom. The normalized spacial score (nSPS) is 10.1. The first kappa shape index (κ1) is 8.25. The Balaban J connectivity index is 2.90. The maximum Gasteiger partial charge on any atom is 0.178 e. The Kier molecular flexibility index (Phi) is 2.64. The molecule has 1 aromatic rings. The highest BCUT2D eigenvalue weighted by Crippen LogP contribution is 1.96. The summed E-state index contributed by atoms with van der Waals surface area (Å²) in [7, 11) is 0. The fraction of sp³-hybridized carbons (Fsp3) is 0.500. The van der Waals surface area contributed by atoms with Crippen LogP contribution in [0.5, 0.6) is 0 Å². The fourth-order valence-corrected chi connectivity index (χ4v) is 1.28. The van der Waals surface area contributed by atoms with Gasteiger partial charge in [0.15, 0.2) is 11.9 Å². The van der Waals surface area contributed by atoms with Gasteiger partial charge in [-0.3, -0.25) is 0 Å². The van der Waals surface area contributed by atoms with Crippen LogP contribution in [0.4, 0.5) is 0 Å². The minimum Gasteiger partial charge on any atom is -0.203 e. The van der Waals surface area contributed by atoms with Crippen molar-refractivity contribution in [1.29, 1.82) is 0 Å². The van der Waals surface area contributed by atoms with Crippen LogP contribution in [0.3, 0.4) is 0 Å². The van der Waals surface area contributed by atoms with Crippen LogP contribution >= 0.6 is 0 Å². The van der Waals surface area contributed by atoms with Gasteiger partial charge in [0.1, 0.15) is 6.54 Å². The summed E-state index contributed by atoms with van der Waals surface area (Å²) in [6.45, 7) is 7.62. The molecule has 0 aliphatic rings. The molecule has 1 heteroatoms. The van der Waals surface area contributed by atoms with Crippen LogP contribution in [-0.4, -0.2) is 0 Å². The second-order valence-corrected chi connectivity index (χ2v) is 3.04. The molecule has 0 atom stereocenters. The molecule has 0 unspecified atom stereocenters. The van der Waals surface area contributed by atoms with Crippen molar-refractivity contribution in [3.63, 3.8) is 0 Å². The Labute approximate surface area is 68.7 Å². The molecule has 0 bridgehead atoms. The molecule has 1 aromatic heterocycles. The summed E-state index contributed by atoms with van der Waals surface area (Å²) >= 11 is 0. The third-order valence-electron chi connectivity index (χ3n) is 1.87. The summed E-state index contributed by atoms with van der Waals surface area (Å²) in [5.74, 6) is 0. The summed E-state index contributed by atoms with van der Waals surface area (Å²) in [6.07, 6.45) is 3.36. The van der Waals surface area contributed by atoms with E-state index < -0.39 is 0 Å². The number of hydrogen-bond acceptors (Lipinski definition) is 0. The molecule has 1 rings (SSSR count). The van der Waals surface area contributed by atoms with Crippen molar-refractivity contribution in [1.82, 2.24) is 0 Å². The molecular formula is C10H16N+. The van der Waals surface area contributed by atoms with E-state index in [0.29, 0.717) is 0 Å². The third kappa shape index (κ3) is 2.04. The predicted octanol–water partition coefficient (Wildman–Crippen LogP) is 2.00. The molecular weight excluding hydrogens is 134 g/mol. The molecule has 1 heterocycles. The van der Waals surface area contributed by atoms with Gasteiger partial charge in [0.25, 0.3) is 0 Å². The zero-order chi connectivity index (χ0) is 8.27. The van der Waals surface area contributed by atoms with Gasteiger partial charge >= 0.3 is 0 Å². The molecule has 11 heavy (non-hydrogen) atoms. The first-order valence-corrected chi connectivity index (χ1v) is 4.20. The molecule has 0 fully saturated rings. The molecule has 0 saturated carbocycles. The van der Waals surface area contributed by atoms with E-state index in [9.17, 15) is 0 Å². The van der Waals surface area contributed by atoms with Crippen LogP contribution < -0.4 is 4.57 Å². The number of aryl methyl sites for hydroxylation is 3. The zero-order valence-corrected chi connectivity index (χ0v) is 7.59. The highest BCUT2D eigenvalue weighted by molar-refractivity contribution is 5.08. The van der Waals surface area contributed by atoms with Crippen molar-refractivity contribution in [2.75, 3.05) is 0 Å². The first-order valence-electron chi connectivity index (χ1n) is 4.20. The van der Waals surface area contributed by atoms with Crippen LogP contribution in [0.2, 0.25) is 0 Å². The zero-order valence-electron chi connectivity index (χ0n) is 7.59. The van der Waals surface area contributed by atoms with E-state index in [2.05, 4.69) is 43.7 Å². The predicted molar refractivity (Wildman–Crippen MR) is 46.4 cm³/mol. The quantitative estimate of drug-likeness (QED) is 0.568. The van der Waals surface area contributed by atoms with Crippen LogP contribution in [0.25, 0.3) is 0 Å². The largest absolute Gasteiger partial charge is 0.203 e. The van der Waals surface area contributed by atoms with Crippen LogP contribution in [0.15, 0.2) is 18.3 Å². The molecule has 0 saturated heterocycles. The molecule has 0 radical (unpaired) electrons. The average Bonchev–Trinajstić information content (AvgIpc) is 1.95. The van der Waals surface area contributed by atoms with Gasteiger partial charge in [-0.15, -0.1) is 0 Å². The van der Waals surface area contributed by atoms with Gasteiger partial charge < -0.3 is 0 Å². The Bertz CT molecular complexity index is 241. The van der Waals surface area contributed by atoms with E-state index in [-0.39, 0.29) is 0 Å². The van der Waals surface area contributed by atoms with Crippen molar-refractivity contribution in [3.05, 3.63) is 29.6 Å². The van der Waals surface area contributed by atoms with Gasteiger partial charge in [-0.2, -0.15) is 0 Å². The molecule has 0 aliphatic heterocycles. The van der Waals surface area contributed by atoms with E-state index in [1.165, 1.54) is 17.7 Å². The average molecular weight is 150 g/mol. The van der Waals surface area contributed by atoms with Crippen LogP contribution in [0, 0.1) is 13.8 Å². The maximum atomic E-state index is 2.28. The first-order chi connectivity index (χ1) is 5.24. The maximum absolute atomic E-state index is 2.28. The van der Waals surface area contributed by atoms with Crippen molar-refractivity contribution in [2.24, 2.45) is 0 Å². The van der Waals surface area contributed by atoms with Crippen molar-refractivity contribution in [2.45, 2.75) is 33.7 Å². The molecule has 0 aromatic carbocycles. The molecule has 60 valence electrons. The molecule has 1 nitrogen and oxygen atoms in total. The lowest BCUT2D eigenvalue weighted by Gasteiger charge is -1.98. The van der Waals surface area contributed by atoms with E-state index in [1.54, 1.807) is 0 Å². The number of rotatable bonds is 2. The summed E-state index contributed by atoms with van der Waals surface area (Å²) in [6, 6.07) is 4.37. The lowest BCUT2D eigenvalue weighted by Crippen LogP contribution is -2.36.